The molecule has 0 radical (unpaired) electrons. The zero-order chi connectivity index (χ0) is 14.5. The Morgan fingerprint density at radius 3 is 2.76 bits per heavy atom. The number of halogens is 1. The van der Waals surface area contributed by atoms with Gasteiger partial charge in [0, 0.05) is 30.3 Å². The summed E-state index contributed by atoms with van der Waals surface area (Å²) in [7, 11) is 1.45. The number of rotatable bonds is 5. The number of carbonyl (C=O) groups excluding carboxylic acids is 1. The van der Waals surface area contributed by atoms with Crippen molar-refractivity contribution in [1.82, 2.24) is 15.0 Å². The van der Waals surface area contributed by atoms with Crippen molar-refractivity contribution in [2.24, 2.45) is 0 Å². The maximum absolute atomic E-state index is 11.8. The minimum Gasteiger partial charge on any atom is -1.00 e. The summed E-state index contributed by atoms with van der Waals surface area (Å²) >= 11 is 1.51. The molecule has 0 fully saturated rings. The van der Waals surface area contributed by atoms with E-state index >= 15 is 0 Å². The summed E-state index contributed by atoms with van der Waals surface area (Å²) in [4.78, 5) is 27.6. The van der Waals surface area contributed by atoms with Crippen LogP contribution in [0.2, 0.25) is 0 Å². The van der Waals surface area contributed by atoms with Crippen LogP contribution in [0.3, 0.4) is 0 Å². The quantitative estimate of drug-likeness (QED) is 0.593. The van der Waals surface area contributed by atoms with Gasteiger partial charge in [-0.15, -0.1) is 11.3 Å². The van der Waals surface area contributed by atoms with Gasteiger partial charge in [-0.3, -0.25) is 9.59 Å². The Morgan fingerprint density at radius 2 is 2.24 bits per heavy atom. The standard InChI is InChI=1S/C12H12N4O3S.ClH/c1-15(8-11(18)19)10(17)7-16-4-2-9(6-14-16)12-13-3-5-20-12;/h2-6H,7-8H2,1H3;1H. The number of hydrogen-bond donors (Lipinski definition) is 1. The van der Waals surface area contributed by atoms with E-state index in [-0.39, 0.29) is 31.4 Å². The molecular weight excluding hydrogens is 316 g/mol. The highest BCUT2D eigenvalue weighted by Gasteiger charge is 2.18. The van der Waals surface area contributed by atoms with Gasteiger partial charge in [0.05, 0.1) is 0 Å². The van der Waals surface area contributed by atoms with Crippen molar-refractivity contribution in [2.75, 3.05) is 13.6 Å². The lowest BCUT2D eigenvalue weighted by Gasteiger charge is -2.11. The Balaban J connectivity index is 0.00000220. The van der Waals surface area contributed by atoms with Crippen LogP contribution >= 0.6 is 11.3 Å². The third-order valence-corrected chi connectivity index (χ3v) is 3.37. The largest absolute Gasteiger partial charge is 1.00 e. The van der Waals surface area contributed by atoms with Gasteiger partial charge in [-0.2, -0.15) is 0 Å². The lowest BCUT2D eigenvalue weighted by atomic mass is 10.3. The van der Waals surface area contributed by atoms with Gasteiger partial charge in [-0.05, 0) is 5.10 Å². The molecule has 0 atom stereocenters. The molecule has 0 aliphatic rings. The first kappa shape index (κ1) is 17.0. The van der Waals surface area contributed by atoms with Gasteiger partial charge < -0.3 is 22.4 Å². The lowest BCUT2D eigenvalue weighted by Crippen LogP contribution is -3.00. The minimum atomic E-state index is -1.04. The lowest BCUT2D eigenvalue weighted by molar-refractivity contribution is -0.742. The highest BCUT2D eigenvalue weighted by molar-refractivity contribution is 7.13. The van der Waals surface area contributed by atoms with E-state index in [1.165, 1.54) is 23.1 Å². The maximum atomic E-state index is 11.8. The highest BCUT2D eigenvalue weighted by atomic mass is 35.5. The molecule has 2 rings (SSSR count). The average molecular weight is 329 g/mol. The van der Waals surface area contributed by atoms with Crippen LogP contribution in [0.15, 0.2) is 30.0 Å². The van der Waals surface area contributed by atoms with Crippen LogP contribution < -0.4 is 17.1 Å². The summed E-state index contributed by atoms with van der Waals surface area (Å²) in [6, 6.07) is 1.82. The molecule has 0 unspecified atom stereocenters. The smallest absolute Gasteiger partial charge is 0.323 e. The normalized spacial score (nSPS) is 9.76. The summed E-state index contributed by atoms with van der Waals surface area (Å²) in [6.07, 6.45) is 5.01. The molecule has 0 bridgehead atoms. The van der Waals surface area contributed by atoms with Crippen molar-refractivity contribution in [2.45, 2.75) is 6.54 Å². The Bertz CT molecular complexity index is 603. The molecule has 0 aromatic carbocycles. The van der Waals surface area contributed by atoms with Crippen LogP contribution in [0, 0.1) is 0 Å². The van der Waals surface area contributed by atoms with Gasteiger partial charge in [-0.25, -0.2) is 4.98 Å². The molecule has 7 nitrogen and oxygen atoms in total. The monoisotopic (exact) mass is 328 g/mol. The van der Waals surface area contributed by atoms with Gasteiger partial charge in [0.15, 0.2) is 6.20 Å². The van der Waals surface area contributed by atoms with Crippen molar-refractivity contribution in [3.8, 4) is 10.6 Å². The van der Waals surface area contributed by atoms with Crippen LogP contribution in [-0.2, 0) is 16.1 Å². The second kappa shape index (κ2) is 7.65. The van der Waals surface area contributed by atoms with E-state index < -0.39 is 5.97 Å². The molecule has 112 valence electrons. The second-order valence-corrected chi connectivity index (χ2v) is 4.99. The second-order valence-electron chi connectivity index (χ2n) is 4.09. The number of nitrogens with zero attached hydrogens (tertiary/aromatic N) is 4. The summed E-state index contributed by atoms with van der Waals surface area (Å²) < 4.78 is 1.46. The fraction of sp³-hybridized carbons (Fsp3) is 0.250. The van der Waals surface area contributed by atoms with Crippen molar-refractivity contribution >= 4 is 23.2 Å². The zero-order valence-corrected chi connectivity index (χ0v) is 12.7. The third kappa shape index (κ3) is 4.76. The highest BCUT2D eigenvalue weighted by Crippen LogP contribution is 2.18. The molecule has 0 spiro atoms. The van der Waals surface area contributed by atoms with Gasteiger partial charge >= 0.3 is 5.97 Å². The van der Waals surface area contributed by atoms with E-state index in [1.54, 1.807) is 18.6 Å². The Morgan fingerprint density at radius 1 is 1.48 bits per heavy atom. The van der Waals surface area contributed by atoms with Crippen molar-refractivity contribution in [1.29, 1.82) is 0 Å². The molecule has 0 saturated carbocycles. The first-order valence-electron chi connectivity index (χ1n) is 5.77. The first-order valence-corrected chi connectivity index (χ1v) is 6.65. The van der Waals surface area contributed by atoms with Gasteiger partial charge in [0.1, 0.15) is 17.7 Å². The Hall–Kier alpha value is -2.06. The number of hydrogen-bond acceptors (Lipinski definition) is 5. The molecule has 0 aliphatic heterocycles. The van der Waals surface area contributed by atoms with E-state index in [0.717, 1.165) is 15.5 Å². The zero-order valence-electron chi connectivity index (χ0n) is 11.1. The van der Waals surface area contributed by atoms with E-state index in [9.17, 15) is 9.59 Å². The maximum Gasteiger partial charge on any atom is 0.323 e. The predicted molar refractivity (Wildman–Crippen MR) is 70.8 cm³/mol. The molecule has 1 amide bonds. The number of likely N-dealkylation sites (N-methyl/N-ethyl adjacent to an activating group) is 1. The van der Waals surface area contributed by atoms with Gasteiger partial charge in [0.2, 0.25) is 0 Å². The molecule has 0 aliphatic carbocycles. The van der Waals surface area contributed by atoms with Crippen LogP contribution in [-0.4, -0.2) is 45.6 Å². The van der Waals surface area contributed by atoms with Crippen molar-refractivity contribution in [3.63, 3.8) is 0 Å². The molecule has 2 aromatic heterocycles. The van der Waals surface area contributed by atoms with Crippen molar-refractivity contribution in [3.05, 3.63) is 30.0 Å². The number of carboxylic acid groups (broad SMARTS) is 1. The third-order valence-electron chi connectivity index (χ3n) is 2.55. The molecule has 9 heteroatoms. The average Bonchev–Trinajstić information content (AvgIpc) is 2.92. The fourth-order valence-electron chi connectivity index (χ4n) is 1.52. The van der Waals surface area contributed by atoms with E-state index in [4.69, 9.17) is 5.11 Å². The fourth-order valence-corrected chi connectivity index (χ4v) is 2.15. The van der Waals surface area contributed by atoms with E-state index in [2.05, 4.69) is 10.1 Å². The first-order chi connectivity index (χ1) is 9.56. The number of carboxylic acids is 1. The number of carbonyl (C=O) groups is 2. The van der Waals surface area contributed by atoms with Gasteiger partial charge in [-0.1, -0.05) is 4.68 Å². The molecular formula is C12H13ClN4O3S. The molecule has 1 N–H and O–H groups in total. The summed E-state index contributed by atoms with van der Waals surface area (Å²) in [5.74, 6) is -1.36. The number of amides is 1. The summed E-state index contributed by atoms with van der Waals surface area (Å²) in [6.45, 7) is -0.321. The van der Waals surface area contributed by atoms with Crippen LogP contribution in [0.1, 0.15) is 0 Å². The number of aromatic nitrogens is 3. The summed E-state index contributed by atoms with van der Waals surface area (Å²) in [5.41, 5.74) is 0.877. The van der Waals surface area contributed by atoms with Crippen LogP contribution in [0.25, 0.3) is 10.6 Å². The molecule has 21 heavy (non-hydrogen) atoms. The van der Waals surface area contributed by atoms with Crippen LogP contribution in [0.4, 0.5) is 0 Å². The minimum absolute atomic E-state index is 0. The SMILES string of the molecule is CN(CC(=O)O)C(=O)C[n+]1ccc(-c2nccs2)cn1.[Cl-]. The topological polar surface area (TPSA) is 87.3 Å². The molecule has 2 aromatic rings. The van der Waals surface area contributed by atoms with Gasteiger partial charge in [0.25, 0.3) is 12.5 Å². The van der Waals surface area contributed by atoms with E-state index in [1.807, 2.05) is 11.4 Å². The predicted octanol–water partition coefficient (Wildman–Crippen LogP) is -2.96. The number of thiazole rings is 1. The Labute approximate surface area is 131 Å². The molecule has 0 saturated heterocycles. The van der Waals surface area contributed by atoms with Crippen LogP contribution in [0.5, 0.6) is 0 Å². The number of aliphatic carboxylic acids is 1. The van der Waals surface area contributed by atoms with Crippen molar-refractivity contribution < 1.29 is 31.8 Å². The summed E-state index contributed by atoms with van der Waals surface area (Å²) in [5, 5.41) is 15.5. The Kier molecular flexibility index (Phi) is 6.19. The van der Waals surface area contributed by atoms with E-state index in [0.29, 0.717) is 0 Å². The molecule has 2 heterocycles.